The minimum Gasteiger partial charge on any atom is -0.400 e. The summed E-state index contributed by atoms with van der Waals surface area (Å²) in [5, 5.41) is 4.98. The van der Waals surface area contributed by atoms with Crippen molar-refractivity contribution in [2.45, 2.75) is 0 Å². The molecule has 1 aromatic heterocycles. The van der Waals surface area contributed by atoms with E-state index in [1.807, 2.05) is 18.2 Å². The summed E-state index contributed by atoms with van der Waals surface area (Å²) in [7, 11) is 1.57. The molecule has 2 N–H and O–H groups in total. The van der Waals surface area contributed by atoms with Gasteiger partial charge in [-0.3, -0.25) is 0 Å². The topological polar surface area (TPSA) is 53.1 Å². The Kier molecular flexibility index (Phi) is 1.40. The van der Waals surface area contributed by atoms with Crippen molar-refractivity contribution in [3.8, 4) is 0 Å². The van der Waals surface area contributed by atoms with Gasteiger partial charge in [-0.15, -0.1) is 5.10 Å². The standard InChI is InChI=1S/C8H9N3O/c1-12-11-8-3-2-7(9)4-6(8)5-10-11/h2-5H,9H2,1H3. The van der Waals surface area contributed by atoms with E-state index in [1.54, 1.807) is 13.3 Å². The molecule has 0 bridgehead atoms. The average Bonchev–Trinajstić information content (AvgIpc) is 2.46. The Morgan fingerprint density at radius 3 is 3.08 bits per heavy atom. The van der Waals surface area contributed by atoms with Gasteiger partial charge in [0, 0.05) is 11.1 Å². The molecule has 0 unspecified atom stereocenters. The predicted molar refractivity (Wildman–Crippen MR) is 46.6 cm³/mol. The van der Waals surface area contributed by atoms with Gasteiger partial charge in [-0.25, -0.2) is 0 Å². The quantitative estimate of drug-likeness (QED) is 0.629. The van der Waals surface area contributed by atoms with Crippen LogP contribution >= 0.6 is 0 Å². The molecule has 0 aliphatic carbocycles. The van der Waals surface area contributed by atoms with Crippen LogP contribution in [0.25, 0.3) is 10.9 Å². The van der Waals surface area contributed by atoms with Crippen molar-refractivity contribution in [3.05, 3.63) is 24.4 Å². The number of rotatable bonds is 1. The van der Waals surface area contributed by atoms with Crippen LogP contribution in [-0.4, -0.2) is 17.1 Å². The fourth-order valence-corrected chi connectivity index (χ4v) is 1.17. The maximum atomic E-state index is 5.60. The molecule has 12 heavy (non-hydrogen) atoms. The zero-order valence-electron chi connectivity index (χ0n) is 6.69. The van der Waals surface area contributed by atoms with Gasteiger partial charge in [-0.05, 0) is 18.2 Å². The summed E-state index contributed by atoms with van der Waals surface area (Å²) in [6.07, 6.45) is 1.72. The van der Waals surface area contributed by atoms with Crippen LogP contribution in [0.2, 0.25) is 0 Å². The lowest BCUT2D eigenvalue weighted by molar-refractivity contribution is 0.145. The maximum absolute atomic E-state index is 5.60. The third kappa shape index (κ3) is 0.887. The molecule has 4 nitrogen and oxygen atoms in total. The Hall–Kier alpha value is -1.71. The van der Waals surface area contributed by atoms with Gasteiger partial charge < -0.3 is 10.6 Å². The van der Waals surface area contributed by atoms with E-state index in [2.05, 4.69) is 5.10 Å². The molecule has 1 aromatic carbocycles. The zero-order chi connectivity index (χ0) is 8.55. The highest BCUT2D eigenvalue weighted by atomic mass is 16.7. The number of hydrogen-bond donors (Lipinski definition) is 1. The van der Waals surface area contributed by atoms with Crippen molar-refractivity contribution >= 4 is 16.6 Å². The SMILES string of the molecule is COn1ncc2cc(N)ccc21. The fraction of sp³-hybridized carbons (Fsp3) is 0.125. The molecule has 0 radical (unpaired) electrons. The van der Waals surface area contributed by atoms with E-state index in [0.717, 1.165) is 16.6 Å². The minimum atomic E-state index is 0.734. The van der Waals surface area contributed by atoms with Crippen molar-refractivity contribution in [1.82, 2.24) is 9.94 Å². The lowest BCUT2D eigenvalue weighted by atomic mass is 10.2. The lowest BCUT2D eigenvalue weighted by Crippen LogP contribution is -2.06. The molecule has 0 atom stereocenters. The summed E-state index contributed by atoms with van der Waals surface area (Å²) in [5.74, 6) is 0. The lowest BCUT2D eigenvalue weighted by Gasteiger charge is -1.98. The molecule has 0 fully saturated rings. The number of nitrogens with zero attached hydrogens (tertiary/aromatic N) is 2. The fourth-order valence-electron chi connectivity index (χ4n) is 1.17. The minimum absolute atomic E-state index is 0.734. The van der Waals surface area contributed by atoms with Crippen LogP contribution in [0.15, 0.2) is 24.4 Å². The van der Waals surface area contributed by atoms with Crippen LogP contribution < -0.4 is 10.6 Å². The van der Waals surface area contributed by atoms with E-state index in [4.69, 9.17) is 10.6 Å². The Morgan fingerprint density at radius 2 is 2.33 bits per heavy atom. The molecule has 0 amide bonds. The highest BCUT2D eigenvalue weighted by Gasteiger charge is 2.00. The molecule has 0 saturated carbocycles. The van der Waals surface area contributed by atoms with Gasteiger partial charge in [0.1, 0.15) is 12.6 Å². The summed E-state index contributed by atoms with van der Waals surface area (Å²) in [6, 6.07) is 5.55. The van der Waals surface area contributed by atoms with Crippen molar-refractivity contribution in [1.29, 1.82) is 0 Å². The van der Waals surface area contributed by atoms with Gasteiger partial charge in [0.05, 0.1) is 6.20 Å². The predicted octanol–water partition coefficient (Wildman–Crippen LogP) is 0.677. The molecule has 0 aliphatic rings. The Balaban J connectivity index is 2.73. The summed E-state index contributed by atoms with van der Waals surface area (Å²) in [4.78, 5) is 6.43. The molecular weight excluding hydrogens is 154 g/mol. The van der Waals surface area contributed by atoms with Gasteiger partial charge in [0.15, 0.2) is 0 Å². The Bertz CT molecular complexity index is 408. The zero-order valence-corrected chi connectivity index (χ0v) is 6.69. The first-order valence-corrected chi connectivity index (χ1v) is 3.59. The van der Waals surface area contributed by atoms with Crippen LogP contribution in [0.1, 0.15) is 0 Å². The van der Waals surface area contributed by atoms with E-state index in [0.29, 0.717) is 0 Å². The molecule has 2 aromatic rings. The van der Waals surface area contributed by atoms with Crippen molar-refractivity contribution < 1.29 is 4.84 Å². The van der Waals surface area contributed by atoms with E-state index in [1.165, 1.54) is 4.85 Å². The second kappa shape index (κ2) is 2.41. The van der Waals surface area contributed by atoms with Crippen molar-refractivity contribution in [3.63, 3.8) is 0 Å². The maximum Gasteiger partial charge on any atom is 0.110 e. The summed E-state index contributed by atoms with van der Waals surface area (Å²) in [6.45, 7) is 0. The second-order valence-corrected chi connectivity index (χ2v) is 2.52. The van der Waals surface area contributed by atoms with E-state index in [-0.39, 0.29) is 0 Å². The number of fused-ring (bicyclic) bond motifs is 1. The summed E-state index contributed by atoms with van der Waals surface area (Å²) >= 11 is 0. The highest BCUT2D eigenvalue weighted by molar-refractivity contribution is 5.81. The number of nitrogens with two attached hydrogens (primary N) is 1. The second-order valence-electron chi connectivity index (χ2n) is 2.52. The molecule has 62 valence electrons. The van der Waals surface area contributed by atoms with Crippen LogP contribution in [0.3, 0.4) is 0 Å². The molecule has 0 spiro atoms. The van der Waals surface area contributed by atoms with Gasteiger partial charge in [-0.2, -0.15) is 0 Å². The van der Waals surface area contributed by atoms with Gasteiger partial charge in [0.25, 0.3) is 0 Å². The van der Waals surface area contributed by atoms with Crippen LogP contribution in [0.5, 0.6) is 0 Å². The van der Waals surface area contributed by atoms with Gasteiger partial charge >= 0.3 is 0 Å². The average molecular weight is 163 g/mol. The third-order valence-corrected chi connectivity index (χ3v) is 1.73. The Labute approximate surface area is 69.5 Å². The first-order chi connectivity index (χ1) is 5.81. The smallest absolute Gasteiger partial charge is 0.110 e. The third-order valence-electron chi connectivity index (χ3n) is 1.73. The first-order valence-electron chi connectivity index (χ1n) is 3.59. The van der Waals surface area contributed by atoms with E-state index in [9.17, 15) is 0 Å². The van der Waals surface area contributed by atoms with Crippen LogP contribution in [0.4, 0.5) is 5.69 Å². The largest absolute Gasteiger partial charge is 0.400 e. The number of benzene rings is 1. The van der Waals surface area contributed by atoms with Crippen molar-refractivity contribution in [2.24, 2.45) is 0 Å². The normalized spacial score (nSPS) is 10.4. The molecule has 4 heteroatoms. The first kappa shape index (κ1) is 6.97. The number of aromatic nitrogens is 2. The number of anilines is 1. The van der Waals surface area contributed by atoms with Gasteiger partial charge in [0.2, 0.25) is 0 Å². The monoisotopic (exact) mass is 163 g/mol. The van der Waals surface area contributed by atoms with E-state index < -0.39 is 0 Å². The van der Waals surface area contributed by atoms with Gasteiger partial charge in [-0.1, -0.05) is 4.85 Å². The number of hydrogen-bond acceptors (Lipinski definition) is 3. The summed E-state index contributed by atoms with van der Waals surface area (Å²) in [5.41, 5.74) is 7.25. The molecule has 1 heterocycles. The van der Waals surface area contributed by atoms with E-state index >= 15 is 0 Å². The van der Waals surface area contributed by atoms with Crippen LogP contribution in [0, 0.1) is 0 Å². The van der Waals surface area contributed by atoms with Crippen LogP contribution in [-0.2, 0) is 0 Å². The molecule has 0 aliphatic heterocycles. The molecular formula is C8H9N3O. The molecule has 2 rings (SSSR count). The molecule has 0 saturated heterocycles. The Morgan fingerprint density at radius 1 is 1.50 bits per heavy atom. The number of nitrogen functional groups attached to an aromatic ring is 1. The van der Waals surface area contributed by atoms with Crippen molar-refractivity contribution in [2.75, 3.05) is 12.8 Å². The highest BCUT2D eigenvalue weighted by Crippen LogP contribution is 2.15. The summed E-state index contributed by atoms with van der Waals surface area (Å²) < 4.78 is 0.